The Balaban J connectivity index is 1.84. The summed E-state index contributed by atoms with van der Waals surface area (Å²) in [5, 5.41) is 2.82. The van der Waals surface area contributed by atoms with Gasteiger partial charge in [-0.1, -0.05) is 23.8 Å². The van der Waals surface area contributed by atoms with E-state index in [2.05, 4.69) is 10.1 Å². The zero-order valence-electron chi connectivity index (χ0n) is 13.9. The smallest absolute Gasteiger partial charge is 0.387 e. The molecular formula is C18H19F2NO3S. The van der Waals surface area contributed by atoms with Crippen molar-refractivity contribution in [2.45, 2.75) is 19.3 Å². The van der Waals surface area contributed by atoms with Crippen molar-refractivity contribution < 1.29 is 23.0 Å². The number of rotatable bonds is 8. The Morgan fingerprint density at radius 1 is 1.16 bits per heavy atom. The zero-order chi connectivity index (χ0) is 18.2. The third kappa shape index (κ3) is 6.26. The maximum absolute atomic E-state index is 12.3. The average Bonchev–Trinajstić information content (AvgIpc) is 2.57. The van der Waals surface area contributed by atoms with Gasteiger partial charge in [-0.3, -0.25) is 4.79 Å². The summed E-state index contributed by atoms with van der Waals surface area (Å²) < 4.78 is 34.0. The SMILES string of the molecule is COc1cc(CSCC(=O)Nc2ccc(C)cc2)ccc1OC(F)F. The van der Waals surface area contributed by atoms with Gasteiger partial charge in [0.25, 0.3) is 0 Å². The van der Waals surface area contributed by atoms with Gasteiger partial charge in [0.1, 0.15) is 0 Å². The first-order valence-corrected chi connectivity index (χ1v) is 8.69. The van der Waals surface area contributed by atoms with Gasteiger partial charge in [0.05, 0.1) is 12.9 Å². The molecule has 0 unspecified atom stereocenters. The summed E-state index contributed by atoms with van der Waals surface area (Å²) in [6.07, 6.45) is 0. The summed E-state index contributed by atoms with van der Waals surface area (Å²) in [4.78, 5) is 11.9. The van der Waals surface area contributed by atoms with E-state index in [1.54, 1.807) is 12.1 Å². The second kappa shape index (κ2) is 9.27. The van der Waals surface area contributed by atoms with Crippen LogP contribution in [0, 0.1) is 6.92 Å². The van der Waals surface area contributed by atoms with Crippen LogP contribution in [0.1, 0.15) is 11.1 Å². The Bertz CT molecular complexity index is 708. The van der Waals surface area contributed by atoms with Gasteiger partial charge in [-0.05, 0) is 36.8 Å². The molecule has 0 spiro atoms. The number of methoxy groups -OCH3 is 1. The second-order valence-electron chi connectivity index (χ2n) is 5.27. The molecule has 7 heteroatoms. The summed E-state index contributed by atoms with van der Waals surface area (Å²) in [6.45, 7) is -0.924. The molecule has 0 radical (unpaired) electrons. The fourth-order valence-electron chi connectivity index (χ4n) is 2.09. The topological polar surface area (TPSA) is 47.6 Å². The molecule has 1 N–H and O–H groups in total. The quantitative estimate of drug-likeness (QED) is 0.747. The predicted molar refractivity (Wildman–Crippen MR) is 95.6 cm³/mol. The first kappa shape index (κ1) is 19.1. The number of hydrogen-bond acceptors (Lipinski definition) is 4. The van der Waals surface area contributed by atoms with Gasteiger partial charge in [-0.25, -0.2) is 0 Å². The van der Waals surface area contributed by atoms with E-state index in [4.69, 9.17) is 4.74 Å². The molecule has 0 fully saturated rings. The van der Waals surface area contributed by atoms with Crippen molar-refractivity contribution in [3.63, 3.8) is 0 Å². The van der Waals surface area contributed by atoms with Crippen LogP contribution >= 0.6 is 11.8 Å². The number of anilines is 1. The largest absolute Gasteiger partial charge is 0.493 e. The Morgan fingerprint density at radius 2 is 1.88 bits per heavy atom. The number of carbonyl (C=O) groups is 1. The summed E-state index contributed by atoms with van der Waals surface area (Å²) in [5.41, 5.74) is 2.73. The number of carbonyl (C=O) groups excluding carboxylic acids is 1. The molecule has 0 bridgehead atoms. The molecule has 2 aromatic rings. The number of alkyl halides is 2. The van der Waals surface area contributed by atoms with E-state index >= 15 is 0 Å². The first-order chi connectivity index (χ1) is 12.0. The van der Waals surface area contributed by atoms with Crippen molar-refractivity contribution in [2.24, 2.45) is 0 Å². The van der Waals surface area contributed by atoms with Crippen LogP contribution in [-0.4, -0.2) is 25.4 Å². The lowest BCUT2D eigenvalue weighted by Gasteiger charge is -2.11. The molecule has 0 atom stereocenters. The molecule has 134 valence electrons. The minimum atomic E-state index is -2.90. The first-order valence-electron chi connectivity index (χ1n) is 7.54. The van der Waals surface area contributed by atoms with Gasteiger partial charge < -0.3 is 14.8 Å². The van der Waals surface area contributed by atoms with E-state index in [-0.39, 0.29) is 23.2 Å². The van der Waals surface area contributed by atoms with Crippen molar-refractivity contribution in [1.29, 1.82) is 0 Å². The lowest BCUT2D eigenvalue weighted by Crippen LogP contribution is -2.14. The van der Waals surface area contributed by atoms with E-state index in [9.17, 15) is 13.6 Å². The summed E-state index contributed by atoms with van der Waals surface area (Å²) in [5.74, 6) is 0.960. The van der Waals surface area contributed by atoms with Crippen molar-refractivity contribution >= 4 is 23.4 Å². The van der Waals surface area contributed by atoms with Crippen LogP contribution in [0.5, 0.6) is 11.5 Å². The predicted octanol–water partition coefficient (Wildman–Crippen LogP) is 4.48. The normalized spacial score (nSPS) is 10.6. The van der Waals surface area contributed by atoms with Gasteiger partial charge in [0.2, 0.25) is 5.91 Å². The van der Waals surface area contributed by atoms with E-state index < -0.39 is 6.61 Å². The molecule has 2 rings (SSSR count). The minimum absolute atomic E-state index is 0.0108. The lowest BCUT2D eigenvalue weighted by atomic mass is 10.2. The minimum Gasteiger partial charge on any atom is -0.493 e. The maximum Gasteiger partial charge on any atom is 0.387 e. The molecular weight excluding hydrogens is 348 g/mol. The number of benzene rings is 2. The van der Waals surface area contributed by atoms with Crippen LogP contribution in [0.4, 0.5) is 14.5 Å². The Kier molecular flexibility index (Phi) is 7.06. The monoisotopic (exact) mass is 367 g/mol. The molecule has 0 saturated heterocycles. The molecule has 0 aliphatic heterocycles. The number of nitrogens with one attached hydrogen (secondary N) is 1. The number of ether oxygens (including phenoxy) is 2. The third-order valence-corrected chi connectivity index (χ3v) is 4.29. The average molecular weight is 367 g/mol. The molecule has 4 nitrogen and oxygen atoms in total. The van der Waals surface area contributed by atoms with Crippen molar-refractivity contribution in [2.75, 3.05) is 18.2 Å². The molecule has 1 amide bonds. The fourth-order valence-corrected chi connectivity index (χ4v) is 2.87. The van der Waals surface area contributed by atoms with Gasteiger partial charge in [0, 0.05) is 11.4 Å². The lowest BCUT2D eigenvalue weighted by molar-refractivity contribution is -0.113. The maximum atomic E-state index is 12.3. The molecule has 0 aliphatic carbocycles. The molecule has 0 heterocycles. The molecule has 0 saturated carbocycles. The van der Waals surface area contributed by atoms with Gasteiger partial charge >= 0.3 is 6.61 Å². The van der Waals surface area contributed by atoms with Crippen LogP contribution in [-0.2, 0) is 10.5 Å². The van der Waals surface area contributed by atoms with Crippen LogP contribution in [0.3, 0.4) is 0 Å². The highest BCUT2D eigenvalue weighted by atomic mass is 32.2. The third-order valence-electron chi connectivity index (χ3n) is 3.28. The van der Waals surface area contributed by atoms with E-state index in [0.29, 0.717) is 5.75 Å². The molecule has 25 heavy (non-hydrogen) atoms. The van der Waals surface area contributed by atoms with E-state index in [1.807, 2.05) is 31.2 Å². The molecule has 0 aromatic heterocycles. The van der Waals surface area contributed by atoms with Crippen LogP contribution in [0.25, 0.3) is 0 Å². The second-order valence-corrected chi connectivity index (χ2v) is 6.26. The highest BCUT2D eigenvalue weighted by Gasteiger charge is 2.11. The number of aryl methyl sites for hydroxylation is 1. The van der Waals surface area contributed by atoms with Gasteiger partial charge in [0.15, 0.2) is 11.5 Å². The number of thioether (sulfide) groups is 1. The van der Waals surface area contributed by atoms with Crippen molar-refractivity contribution in [3.05, 3.63) is 53.6 Å². The number of halogens is 2. The van der Waals surface area contributed by atoms with Crippen LogP contribution in [0.2, 0.25) is 0 Å². The van der Waals surface area contributed by atoms with E-state index in [1.165, 1.54) is 24.9 Å². The van der Waals surface area contributed by atoms with Crippen molar-refractivity contribution in [1.82, 2.24) is 0 Å². The molecule has 2 aromatic carbocycles. The number of hydrogen-bond donors (Lipinski definition) is 1. The van der Waals surface area contributed by atoms with E-state index in [0.717, 1.165) is 16.8 Å². The highest BCUT2D eigenvalue weighted by molar-refractivity contribution is 7.99. The summed E-state index contributed by atoms with van der Waals surface area (Å²) >= 11 is 1.42. The summed E-state index contributed by atoms with van der Waals surface area (Å²) in [6, 6.07) is 12.3. The highest BCUT2D eigenvalue weighted by Crippen LogP contribution is 2.30. The Morgan fingerprint density at radius 3 is 2.52 bits per heavy atom. The van der Waals surface area contributed by atoms with Crippen molar-refractivity contribution in [3.8, 4) is 11.5 Å². The Labute approximate surface area is 149 Å². The van der Waals surface area contributed by atoms with Crippen LogP contribution < -0.4 is 14.8 Å². The summed E-state index contributed by atoms with van der Waals surface area (Å²) in [7, 11) is 1.39. The van der Waals surface area contributed by atoms with Gasteiger partial charge in [-0.2, -0.15) is 8.78 Å². The Hall–Kier alpha value is -2.28. The fraction of sp³-hybridized carbons (Fsp3) is 0.278. The molecule has 0 aliphatic rings. The zero-order valence-corrected chi connectivity index (χ0v) is 14.7. The standard InChI is InChI=1S/C18H19F2NO3S/c1-12-3-6-14(7-4-12)21-17(22)11-25-10-13-5-8-15(24-18(19)20)16(9-13)23-2/h3-9,18H,10-11H2,1-2H3,(H,21,22). The number of amides is 1. The van der Waals surface area contributed by atoms with Crippen LogP contribution in [0.15, 0.2) is 42.5 Å². The van der Waals surface area contributed by atoms with Gasteiger partial charge in [-0.15, -0.1) is 11.8 Å².